The van der Waals surface area contributed by atoms with Crippen molar-refractivity contribution in [3.8, 4) is 0 Å². The molecule has 0 aliphatic heterocycles. The standard InChI is InChI=1S/C12H9FN2O3S/c13-10-6-8(3-4-11(10)15(17)18)14-12(16)7-9-2-1-5-19-9/h1-6H,7H2,(H,14,16). The lowest BCUT2D eigenvalue weighted by molar-refractivity contribution is -0.387. The Kier molecular flexibility index (Phi) is 3.86. The zero-order valence-corrected chi connectivity index (χ0v) is 10.4. The number of nitrogens with one attached hydrogen (secondary N) is 1. The number of thiophene rings is 1. The number of amides is 1. The first-order valence-electron chi connectivity index (χ1n) is 5.32. The normalized spacial score (nSPS) is 10.2. The number of nitro groups is 1. The van der Waals surface area contributed by atoms with Gasteiger partial charge in [-0.1, -0.05) is 6.07 Å². The zero-order chi connectivity index (χ0) is 13.8. The van der Waals surface area contributed by atoms with Crippen LogP contribution >= 0.6 is 11.3 Å². The van der Waals surface area contributed by atoms with E-state index in [1.807, 2.05) is 17.5 Å². The van der Waals surface area contributed by atoms with E-state index in [4.69, 9.17) is 0 Å². The number of carbonyl (C=O) groups excluding carboxylic acids is 1. The van der Waals surface area contributed by atoms with Gasteiger partial charge in [-0.25, -0.2) is 0 Å². The summed E-state index contributed by atoms with van der Waals surface area (Å²) in [6, 6.07) is 6.91. The molecule has 0 bridgehead atoms. The number of nitro benzene ring substituents is 1. The Balaban J connectivity index is 2.05. The number of benzene rings is 1. The van der Waals surface area contributed by atoms with Crippen LogP contribution in [-0.4, -0.2) is 10.8 Å². The molecule has 0 aliphatic carbocycles. The number of rotatable bonds is 4. The summed E-state index contributed by atoms with van der Waals surface area (Å²) in [5.41, 5.74) is -0.416. The third-order valence-corrected chi connectivity index (χ3v) is 3.22. The van der Waals surface area contributed by atoms with Crippen molar-refractivity contribution >= 4 is 28.6 Å². The van der Waals surface area contributed by atoms with Crippen molar-refractivity contribution in [3.05, 3.63) is 56.5 Å². The first kappa shape index (κ1) is 13.2. The number of hydrogen-bond donors (Lipinski definition) is 1. The van der Waals surface area contributed by atoms with E-state index in [0.717, 1.165) is 17.0 Å². The summed E-state index contributed by atoms with van der Waals surface area (Å²) in [4.78, 5) is 22.2. The zero-order valence-electron chi connectivity index (χ0n) is 9.63. The maximum absolute atomic E-state index is 13.3. The van der Waals surface area contributed by atoms with Crippen molar-refractivity contribution in [1.82, 2.24) is 0 Å². The number of hydrogen-bond acceptors (Lipinski definition) is 4. The highest BCUT2D eigenvalue weighted by Crippen LogP contribution is 2.21. The third kappa shape index (κ3) is 3.35. The second kappa shape index (κ2) is 5.57. The molecule has 0 unspecified atom stereocenters. The van der Waals surface area contributed by atoms with E-state index in [-0.39, 0.29) is 18.0 Å². The van der Waals surface area contributed by atoms with Crippen LogP contribution in [0.5, 0.6) is 0 Å². The van der Waals surface area contributed by atoms with Crippen LogP contribution in [0.2, 0.25) is 0 Å². The Morgan fingerprint density at radius 2 is 2.21 bits per heavy atom. The molecule has 0 fully saturated rings. The Morgan fingerprint density at radius 3 is 2.79 bits per heavy atom. The Morgan fingerprint density at radius 1 is 1.42 bits per heavy atom. The number of anilines is 1. The molecule has 5 nitrogen and oxygen atoms in total. The van der Waals surface area contributed by atoms with Gasteiger partial charge in [0.25, 0.3) is 0 Å². The van der Waals surface area contributed by atoms with Crippen LogP contribution in [0.3, 0.4) is 0 Å². The highest BCUT2D eigenvalue weighted by Gasteiger charge is 2.14. The Labute approximate surface area is 111 Å². The van der Waals surface area contributed by atoms with E-state index in [0.29, 0.717) is 0 Å². The van der Waals surface area contributed by atoms with Crippen LogP contribution in [0.15, 0.2) is 35.7 Å². The fraction of sp³-hybridized carbons (Fsp3) is 0.0833. The summed E-state index contributed by atoms with van der Waals surface area (Å²) in [7, 11) is 0. The van der Waals surface area contributed by atoms with Gasteiger partial charge in [-0.2, -0.15) is 4.39 Å². The van der Waals surface area contributed by atoms with Crippen molar-refractivity contribution in [2.75, 3.05) is 5.32 Å². The molecule has 0 aliphatic rings. The molecule has 98 valence electrons. The fourth-order valence-corrected chi connectivity index (χ4v) is 2.21. The van der Waals surface area contributed by atoms with Gasteiger partial charge in [0.1, 0.15) is 0 Å². The van der Waals surface area contributed by atoms with Gasteiger partial charge in [0.15, 0.2) is 0 Å². The smallest absolute Gasteiger partial charge is 0.304 e. The van der Waals surface area contributed by atoms with Crippen molar-refractivity contribution in [2.24, 2.45) is 0 Å². The Hall–Kier alpha value is -2.28. The predicted octanol–water partition coefficient (Wildman–Crippen LogP) is 2.98. The highest BCUT2D eigenvalue weighted by molar-refractivity contribution is 7.10. The molecule has 0 spiro atoms. The van der Waals surface area contributed by atoms with Gasteiger partial charge in [0.2, 0.25) is 11.7 Å². The SMILES string of the molecule is O=C(Cc1cccs1)Nc1ccc([N+](=O)[O-])c(F)c1. The van der Waals surface area contributed by atoms with Gasteiger partial charge in [-0.05, 0) is 17.5 Å². The van der Waals surface area contributed by atoms with Gasteiger partial charge in [0, 0.05) is 22.7 Å². The lowest BCUT2D eigenvalue weighted by Crippen LogP contribution is -2.13. The van der Waals surface area contributed by atoms with Gasteiger partial charge in [0.05, 0.1) is 11.3 Å². The maximum Gasteiger partial charge on any atom is 0.304 e. The molecule has 2 aromatic rings. The minimum absolute atomic E-state index is 0.191. The fourth-order valence-electron chi connectivity index (χ4n) is 1.51. The molecule has 1 amide bonds. The lowest BCUT2D eigenvalue weighted by Gasteiger charge is -2.04. The molecule has 0 saturated heterocycles. The van der Waals surface area contributed by atoms with Crippen LogP contribution in [-0.2, 0) is 11.2 Å². The average Bonchev–Trinajstić information content (AvgIpc) is 2.81. The van der Waals surface area contributed by atoms with E-state index in [9.17, 15) is 19.3 Å². The van der Waals surface area contributed by atoms with E-state index >= 15 is 0 Å². The van der Waals surface area contributed by atoms with Crippen molar-refractivity contribution in [2.45, 2.75) is 6.42 Å². The summed E-state index contributed by atoms with van der Waals surface area (Å²) in [6.07, 6.45) is 0.191. The van der Waals surface area contributed by atoms with E-state index in [2.05, 4.69) is 5.32 Å². The molecule has 1 aromatic heterocycles. The number of nitrogens with zero attached hydrogens (tertiary/aromatic N) is 1. The van der Waals surface area contributed by atoms with Crippen LogP contribution in [0.25, 0.3) is 0 Å². The molecule has 1 heterocycles. The van der Waals surface area contributed by atoms with Gasteiger partial charge >= 0.3 is 5.69 Å². The lowest BCUT2D eigenvalue weighted by atomic mass is 10.2. The summed E-state index contributed by atoms with van der Waals surface area (Å²) < 4.78 is 13.3. The van der Waals surface area contributed by atoms with Crippen molar-refractivity contribution in [1.29, 1.82) is 0 Å². The minimum atomic E-state index is -0.973. The van der Waals surface area contributed by atoms with Crippen LogP contribution in [0, 0.1) is 15.9 Å². The molecule has 2 rings (SSSR count). The molecule has 0 atom stereocenters. The van der Waals surface area contributed by atoms with E-state index < -0.39 is 16.4 Å². The van der Waals surface area contributed by atoms with Crippen LogP contribution in [0.4, 0.5) is 15.8 Å². The summed E-state index contributed by atoms with van der Waals surface area (Å²) in [6.45, 7) is 0. The molecule has 0 saturated carbocycles. The van der Waals surface area contributed by atoms with E-state index in [1.165, 1.54) is 17.4 Å². The highest BCUT2D eigenvalue weighted by atomic mass is 32.1. The maximum atomic E-state index is 13.3. The molecule has 0 radical (unpaired) electrons. The monoisotopic (exact) mass is 280 g/mol. The largest absolute Gasteiger partial charge is 0.326 e. The first-order valence-corrected chi connectivity index (χ1v) is 6.20. The molecular weight excluding hydrogens is 271 g/mol. The summed E-state index contributed by atoms with van der Waals surface area (Å²) in [5, 5.41) is 14.8. The van der Waals surface area contributed by atoms with Crippen LogP contribution in [0.1, 0.15) is 4.88 Å². The minimum Gasteiger partial charge on any atom is -0.326 e. The van der Waals surface area contributed by atoms with E-state index in [1.54, 1.807) is 0 Å². The topological polar surface area (TPSA) is 72.2 Å². The molecular formula is C12H9FN2O3S. The van der Waals surface area contributed by atoms with Gasteiger partial charge in [-0.15, -0.1) is 11.3 Å². The number of carbonyl (C=O) groups is 1. The molecule has 7 heteroatoms. The third-order valence-electron chi connectivity index (χ3n) is 2.34. The first-order chi connectivity index (χ1) is 9.06. The summed E-state index contributed by atoms with van der Waals surface area (Å²) in [5.74, 6) is -1.27. The summed E-state index contributed by atoms with van der Waals surface area (Å²) >= 11 is 1.45. The van der Waals surface area contributed by atoms with Gasteiger partial charge in [-0.3, -0.25) is 14.9 Å². The number of halogens is 1. The molecule has 1 aromatic carbocycles. The second-order valence-corrected chi connectivity index (χ2v) is 4.76. The van der Waals surface area contributed by atoms with Crippen molar-refractivity contribution in [3.63, 3.8) is 0 Å². The molecule has 19 heavy (non-hydrogen) atoms. The molecule has 1 N–H and O–H groups in total. The second-order valence-electron chi connectivity index (χ2n) is 3.73. The average molecular weight is 280 g/mol. The van der Waals surface area contributed by atoms with Gasteiger partial charge < -0.3 is 5.32 Å². The Bertz CT molecular complexity index is 613. The van der Waals surface area contributed by atoms with Crippen molar-refractivity contribution < 1.29 is 14.1 Å². The quantitative estimate of drug-likeness (QED) is 0.691. The van der Waals surface area contributed by atoms with Crippen LogP contribution < -0.4 is 5.32 Å². The predicted molar refractivity (Wildman–Crippen MR) is 69.7 cm³/mol.